The number of methoxy groups -OCH3 is 1. The van der Waals surface area contributed by atoms with E-state index < -0.39 is 5.41 Å². The molecule has 134 valence electrons. The van der Waals surface area contributed by atoms with Crippen molar-refractivity contribution in [3.8, 4) is 17.0 Å². The molecule has 0 aliphatic rings. The zero-order valence-corrected chi connectivity index (χ0v) is 15.5. The predicted octanol–water partition coefficient (Wildman–Crippen LogP) is 3.80. The quantitative estimate of drug-likeness (QED) is 0.867. The van der Waals surface area contributed by atoms with Crippen LogP contribution in [0.2, 0.25) is 0 Å². The van der Waals surface area contributed by atoms with E-state index in [2.05, 4.69) is 10.3 Å². The highest BCUT2D eigenvalue weighted by atomic mass is 16.5. The molecule has 1 aromatic carbocycles. The van der Waals surface area contributed by atoms with E-state index in [1.54, 1.807) is 13.2 Å². The number of ether oxygens (including phenoxy) is 1. The average molecular weight is 342 g/mol. The van der Waals surface area contributed by atoms with Gasteiger partial charge >= 0.3 is 0 Å². The molecule has 0 unspecified atom stereocenters. The maximum Gasteiger partial charge on any atom is 0.230 e. The number of nitrogens with zero attached hydrogens (tertiary/aromatic N) is 1. The topological polar surface area (TPSA) is 71.5 Å². The van der Waals surface area contributed by atoms with Gasteiger partial charge in [0.05, 0.1) is 19.4 Å². The number of amides is 1. The Kier molecular flexibility index (Phi) is 5.80. The van der Waals surface area contributed by atoms with Crippen LogP contribution >= 0.6 is 0 Å². The van der Waals surface area contributed by atoms with Crippen LogP contribution in [0.25, 0.3) is 11.3 Å². The van der Waals surface area contributed by atoms with Crippen molar-refractivity contribution in [1.82, 2.24) is 4.98 Å². The molecule has 1 aromatic heterocycles. The van der Waals surface area contributed by atoms with Gasteiger partial charge in [0.1, 0.15) is 11.6 Å². The second-order valence-corrected chi connectivity index (χ2v) is 6.95. The Morgan fingerprint density at radius 2 is 1.96 bits per heavy atom. The first-order chi connectivity index (χ1) is 11.8. The Morgan fingerprint density at radius 3 is 2.52 bits per heavy atom. The highest BCUT2D eigenvalue weighted by Gasteiger charge is 2.22. The lowest BCUT2D eigenvalue weighted by Crippen LogP contribution is -2.28. The number of rotatable bonds is 5. The van der Waals surface area contributed by atoms with Gasteiger partial charge < -0.3 is 15.2 Å². The van der Waals surface area contributed by atoms with Crippen molar-refractivity contribution >= 4 is 11.7 Å². The summed E-state index contributed by atoms with van der Waals surface area (Å²) in [6.45, 7) is 7.58. The zero-order chi connectivity index (χ0) is 18.6. The number of anilines is 1. The molecule has 0 fully saturated rings. The molecule has 0 saturated heterocycles. The van der Waals surface area contributed by atoms with Crippen molar-refractivity contribution in [2.45, 2.75) is 40.7 Å². The lowest BCUT2D eigenvalue weighted by Gasteiger charge is -2.18. The molecule has 0 radical (unpaired) electrons. The van der Waals surface area contributed by atoms with E-state index in [4.69, 9.17) is 4.74 Å². The second-order valence-electron chi connectivity index (χ2n) is 6.95. The molecule has 2 aromatic rings. The standard InChI is InChI=1S/C20H26N2O3/c1-6-13-10-15(17(25-5)11-14(13)12-23)16-8-7-9-18(21-16)22-19(24)20(2,3)4/h7-11,23H,6,12H2,1-5H3,(H,21,22,24). The molecule has 5 nitrogen and oxygen atoms in total. The number of carbonyl (C=O) groups excluding carboxylic acids is 1. The second kappa shape index (κ2) is 7.66. The van der Waals surface area contributed by atoms with E-state index in [1.807, 2.05) is 52.0 Å². The minimum Gasteiger partial charge on any atom is -0.496 e. The predicted molar refractivity (Wildman–Crippen MR) is 99.6 cm³/mol. The van der Waals surface area contributed by atoms with Crippen molar-refractivity contribution in [2.75, 3.05) is 12.4 Å². The summed E-state index contributed by atoms with van der Waals surface area (Å²) in [7, 11) is 1.59. The minimum atomic E-state index is -0.493. The molecule has 0 spiro atoms. The lowest BCUT2D eigenvalue weighted by molar-refractivity contribution is -0.123. The van der Waals surface area contributed by atoms with Gasteiger partial charge in [0.2, 0.25) is 5.91 Å². The van der Waals surface area contributed by atoms with E-state index >= 15 is 0 Å². The minimum absolute atomic E-state index is 0.0328. The average Bonchev–Trinajstić information content (AvgIpc) is 2.59. The van der Waals surface area contributed by atoms with Gasteiger partial charge in [-0.1, -0.05) is 33.8 Å². The lowest BCUT2D eigenvalue weighted by atomic mass is 9.96. The Bertz CT molecular complexity index is 764. The summed E-state index contributed by atoms with van der Waals surface area (Å²) in [5, 5.41) is 12.4. The largest absolute Gasteiger partial charge is 0.496 e. The smallest absolute Gasteiger partial charge is 0.230 e. The maximum absolute atomic E-state index is 12.2. The summed E-state index contributed by atoms with van der Waals surface area (Å²) >= 11 is 0. The van der Waals surface area contributed by atoms with E-state index in [1.165, 1.54) is 0 Å². The Balaban J connectivity index is 2.45. The third-order valence-corrected chi connectivity index (χ3v) is 4.02. The Morgan fingerprint density at radius 1 is 1.24 bits per heavy atom. The van der Waals surface area contributed by atoms with Crippen molar-refractivity contribution in [1.29, 1.82) is 0 Å². The van der Waals surface area contributed by atoms with Crippen LogP contribution in [0.1, 0.15) is 38.8 Å². The molecule has 1 amide bonds. The SMILES string of the molecule is CCc1cc(-c2cccc(NC(=O)C(C)(C)C)n2)c(OC)cc1CO. The molecule has 0 aliphatic carbocycles. The van der Waals surface area contributed by atoms with Crippen LogP contribution in [-0.2, 0) is 17.8 Å². The van der Waals surface area contributed by atoms with Crippen LogP contribution in [0, 0.1) is 5.41 Å². The molecule has 0 saturated carbocycles. The molecular formula is C20H26N2O3. The van der Waals surface area contributed by atoms with Gasteiger partial charge in [-0.2, -0.15) is 0 Å². The number of benzene rings is 1. The highest BCUT2D eigenvalue weighted by Crippen LogP contribution is 2.33. The Labute approximate surface area is 149 Å². The monoisotopic (exact) mass is 342 g/mol. The van der Waals surface area contributed by atoms with Crippen molar-refractivity contribution in [3.05, 3.63) is 41.5 Å². The molecule has 2 N–H and O–H groups in total. The summed E-state index contributed by atoms with van der Waals surface area (Å²) in [6.07, 6.45) is 0.799. The van der Waals surface area contributed by atoms with Gasteiger partial charge in [-0.25, -0.2) is 4.98 Å². The van der Waals surface area contributed by atoms with Gasteiger partial charge in [-0.05, 0) is 41.8 Å². The fourth-order valence-electron chi connectivity index (χ4n) is 2.47. The summed E-state index contributed by atoms with van der Waals surface area (Å²) in [5.41, 5.74) is 2.95. The fourth-order valence-corrected chi connectivity index (χ4v) is 2.47. The van der Waals surface area contributed by atoms with Crippen LogP contribution in [0.3, 0.4) is 0 Å². The van der Waals surface area contributed by atoms with Gasteiger partial charge in [-0.3, -0.25) is 4.79 Å². The van der Waals surface area contributed by atoms with Crippen LogP contribution in [0.5, 0.6) is 5.75 Å². The summed E-state index contributed by atoms with van der Waals surface area (Å²) in [4.78, 5) is 16.7. The number of aryl methyl sites for hydroxylation is 1. The van der Waals surface area contributed by atoms with Crippen LogP contribution in [0.4, 0.5) is 5.82 Å². The molecule has 0 atom stereocenters. The molecule has 2 rings (SSSR count). The van der Waals surface area contributed by atoms with Crippen molar-refractivity contribution < 1.29 is 14.6 Å². The van der Waals surface area contributed by atoms with Gasteiger partial charge in [0.25, 0.3) is 0 Å². The number of hydrogen-bond donors (Lipinski definition) is 2. The number of nitrogens with one attached hydrogen (secondary N) is 1. The van der Waals surface area contributed by atoms with Crippen LogP contribution < -0.4 is 10.1 Å². The Hall–Kier alpha value is -2.40. The highest BCUT2D eigenvalue weighted by molar-refractivity contribution is 5.94. The normalized spacial score (nSPS) is 11.3. The third-order valence-electron chi connectivity index (χ3n) is 4.02. The number of aliphatic hydroxyl groups excluding tert-OH is 1. The van der Waals surface area contributed by atoms with Crippen molar-refractivity contribution in [2.24, 2.45) is 5.41 Å². The molecule has 0 aliphatic heterocycles. The van der Waals surface area contributed by atoms with E-state index in [0.29, 0.717) is 17.3 Å². The molecule has 5 heteroatoms. The molecular weight excluding hydrogens is 316 g/mol. The first-order valence-electron chi connectivity index (χ1n) is 8.39. The number of hydrogen-bond acceptors (Lipinski definition) is 4. The molecule has 0 bridgehead atoms. The summed E-state index contributed by atoms with van der Waals surface area (Å²) in [5.74, 6) is 1.06. The van der Waals surface area contributed by atoms with Crippen molar-refractivity contribution in [3.63, 3.8) is 0 Å². The number of carbonyl (C=O) groups is 1. The van der Waals surface area contributed by atoms with Gasteiger partial charge in [-0.15, -0.1) is 0 Å². The molecule has 1 heterocycles. The van der Waals surface area contributed by atoms with E-state index in [0.717, 1.165) is 23.1 Å². The number of aromatic nitrogens is 1. The maximum atomic E-state index is 12.2. The third kappa shape index (κ3) is 4.37. The number of aliphatic hydroxyl groups is 1. The molecule has 25 heavy (non-hydrogen) atoms. The van der Waals surface area contributed by atoms with Gasteiger partial charge in [0.15, 0.2) is 0 Å². The zero-order valence-electron chi connectivity index (χ0n) is 15.5. The number of pyridine rings is 1. The summed E-state index contributed by atoms with van der Waals surface area (Å²) < 4.78 is 5.48. The van der Waals surface area contributed by atoms with Crippen LogP contribution in [0.15, 0.2) is 30.3 Å². The summed E-state index contributed by atoms with van der Waals surface area (Å²) in [6, 6.07) is 9.33. The fraction of sp³-hybridized carbons (Fsp3) is 0.400. The first-order valence-corrected chi connectivity index (χ1v) is 8.39. The van der Waals surface area contributed by atoms with E-state index in [-0.39, 0.29) is 12.5 Å². The first kappa shape index (κ1) is 18.9. The van der Waals surface area contributed by atoms with E-state index in [9.17, 15) is 9.90 Å². The van der Waals surface area contributed by atoms with Gasteiger partial charge in [0, 0.05) is 11.0 Å². The van der Waals surface area contributed by atoms with Crippen LogP contribution in [-0.4, -0.2) is 23.1 Å².